The van der Waals surface area contributed by atoms with E-state index in [1.54, 1.807) is 0 Å². The van der Waals surface area contributed by atoms with Gasteiger partial charge in [0, 0.05) is 0 Å². The molecule has 1 radical (unpaired) electrons. The van der Waals surface area contributed by atoms with Crippen molar-refractivity contribution in [3.05, 3.63) is 11.8 Å². The van der Waals surface area contributed by atoms with Gasteiger partial charge in [-0.25, -0.2) is 0 Å². The molecule has 0 amide bonds. The SMILES string of the molecule is CCCCC=C[Si](N(C)CC)N(C)CC. The van der Waals surface area contributed by atoms with Gasteiger partial charge in [-0.1, -0.05) is 45.4 Å². The highest BCUT2D eigenvalue weighted by Gasteiger charge is 2.17. The van der Waals surface area contributed by atoms with E-state index in [9.17, 15) is 0 Å². The second-order valence-electron chi connectivity index (χ2n) is 3.93. The van der Waals surface area contributed by atoms with E-state index >= 15 is 0 Å². The summed E-state index contributed by atoms with van der Waals surface area (Å²) in [7, 11) is 3.86. The van der Waals surface area contributed by atoms with Gasteiger partial charge in [-0.2, -0.15) is 0 Å². The molecule has 0 aromatic rings. The highest BCUT2D eigenvalue weighted by molar-refractivity contribution is 6.58. The van der Waals surface area contributed by atoms with Gasteiger partial charge in [-0.15, -0.1) is 0 Å². The summed E-state index contributed by atoms with van der Waals surface area (Å²) in [5.74, 6) is 0. The first-order chi connectivity index (χ1) is 7.17. The Morgan fingerprint density at radius 2 is 1.53 bits per heavy atom. The van der Waals surface area contributed by atoms with Gasteiger partial charge < -0.3 is 9.13 Å². The molecule has 2 nitrogen and oxygen atoms in total. The molecule has 89 valence electrons. The standard InChI is InChI=1S/C12H27N2Si/c1-6-9-10-11-12-15(13(4)7-2)14(5)8-3/h11-12H,6-10H2,1-5H3. The number of nitrogens with zero attached hydrogens (tertiary/aromatic N) is 2. The van der Waals surface area contributed by atoms with Crippen LogP contribution in [0.3, 0.4) is 0 Å². The lowest BCUT2D eigenvalue weighted by Crippen LogP contribution is -2.48. The van der Waals surface area contributed by atoms with E-state index in [0.717, 1.165) is 13.1 Å². The van der Waals surface area contributed by atoms with Gasteiger partial charge in [0.05, 0.1) is 0 Å². The minimum Gasteiger partial charge on any atom is -0.311 e. The van der Waals surface area contributed by atoms with Crippen LogP contribution in [0.15, 0.2) is 11.8 Å². The smallest absolute Gasteiger partial charge is 0.258 e. The van der Waals surface area contributed by atoms with Crippen molar-refractivity contribution in [2.75, 3.05) is 27.2 Å². The predicted octanol–water partition coefficient (Wildman–Crippen LogP) is 2.66. The van der Waals surface area contributed by atoms with Crippen LogP contribution in [0, 0.1) is 0 Å². The molecule has 0 aliphatic carbocycles. The average Bonchev–Trinajstić information content (AvgIpc) is 2.27. The summed E-state index contributed by atoms with van der Waals surface area (Å²) >= 11 is 0. The molecule has 0 saturated carbocycles. The molecule has 0 heterocycles. The van der Waals surface area contributed by atoms with E-state index in [1.165, 1.54) is 19.3 Å². The fourth-order valence-electron chi connectivity index (χ4n) is 1.38. The monoisotopic (exact) mass is 227 g/mol. The fraction of sp³-hybridized carbons (Fsp3) is 0.833. The number of allylic oxidation sites excluding steroid dienone is 1. The molecule has 0 rings (SSSR count). The van der Waals surface area contributed by atoms with Crippen molar-refractivity contribution in [2.24, 2.45) is 0 Å². The van der Waals surface area contributed by atoms with Crippen molar-refractivity contribution < 1.29 is 0 Å². The van der Waals surface area contributed by atoms with Gasteiger partial charge in [0.15, 0.2) is 0 Å². The Morgan fingerprint density at radius 3 is 1.93 bits per heavy atom. The first kappa shape index (κ1) is 14.9. The third-order valence-electron chi connectivity index (χ3n) is 2.72. The molecule has 15 heavy (non-hydrogen) atoms. The molecule has 0 aromatic heterocycles. The van der Waals surface area contributed by atoms with Crippen LogP contribution in [0.25, 0.3) is 0 Å². The number of unbranched alkanes of at least 4 members (excludes halogenated alkanes) is 2. The summed E-state index contributed by atoms with van der Waals surface area (Å²) in [6, 6.07) is 0. The molecule has 3 heteroatoms. The highest BCUT2D eigenvalue weighted by Crippen LogP contribution is 2.01. The Morgan fingerprint density at radius 1 is 1.00 bits per heavy atom. The normalized spacial score (nSPS) is 12.5. The fourth-order valence-corrected chi connectivity index (χ4v) is 3.50. The summed E-state index contributed by atoms with van der Waals surface area (Å²) in [4.78, 5) is 0. The van der Waals surface area contributed by atoms with Crippen LogP contribution in [-0.4, -0.2) is 45.4 Å². The first-order valence-corrected chi connectivity index (χ1v) is 7.60. The molecule has 0 aromatic carbocycles. The Kier molecular flexibility index (Phi) is 9.05. The summed E-state index contributed by atoms with van der Waals surface area (Å²) in [5, 5.41) is 0. The van der Waals surface area contributed by atoms with E-state index < -0.39 is 9.12 Å². The Bertz CT molecular complexity index is 161. The lowest BCUT2D eigenvalue weighted by atomic mass is 10.2. The van der Waals surface area contributed by atoms with Gasteiger partial charge in [0.25, 0.3) is 9.12 Å². The minimum atomic E-state index is -0.596. The number of hydrogen-bond acceptors (Lipinski definition) is 2. The van der Waals surface area contributed by atoms with E-state index in [2.05, 4.69) is 55.8 Å². The maximum atomic E-state index is 2.47. The second kappa shape index (κ2) is 9.13. The zero-order valence-corrected chi connectivity index (χ0v) is 12.1. The summed E-state index contributed by atoms with van der Waals surface area (Å²) < 4.78 is 4.94. The number of hydrogen-bond donors (Lipinski definition) is 0. The maximum Gasteiger partial charge on any atom is 0.258 e. The molecular formula is C12H27N2Si. The van der Waals surface area contributed by atoms with Crippen LogP contribution in [-0.2, 0) is 0 Å². The highest BCUT2D eigenvalue weighted by atomic mass is 28.3. The lowest BCUT2D eigenvalue weighted by molar-refractivity contribution is 0.451. The first-order valence-electron chi connectivity index (χ1n) is 6.13. The molecule has 0 N–H and O–H groups in total. The molecule has 0 aliphatic heterocycles. The zero-order valence-electron chi connectivity index (χ0n) is 11.1. The van der Waals surface area contributed by atoms with Crippen molar-refractivity contribution in [3.63, 3.8) is 0 Å². The molecule has 0 bridgehead atoms. The van der Waals surface area contributed by atoms with Crippen molar-refractivity contribution in [2.45, 2.75) is 40.0 Å². The third-order valence-corrected chi connectivity index (χ3v) is 5.45. The van der Waals surface area contributed by atoms with Gasteiger partial charge in [0.2, 0.25) is 0 Å². The average molecular weight is 227 g/mol. The van der Waals surface area contributed by atoms with E-state index in [1.807, 2.05) is 0 Å². The quantitative estimate of drug-likeness (QED) is 0.465. The van der Waals surface area contributed by atoms with Crippen molar-refractivity contribution in [1.82, 2.24) is 9.13 Å². The van der Waals surface area contributed by atoms with Crippen LogP contribution >= 0.6 is 0 Å². The van der Waals surface area contributed by atoms with Crippen LogP contribution in [0.2, 0.25) is 0 Å². The van der Waals surface area contributed by atoms with Crippen molar-refractivity contribution in [3.8, 4) is 0 Å². The largest absolute Gasteiger partial charge is 0.311 e. The lowest BCUT2D eigenvalue weighted by Gasteiger charge is -2.29. The Hall–Kier alpha value is -0.123. The van der Waals surface area contributed by atoms with E-state index in [0.29, 0.717) is 0 Å². The maximum absolute atomic E-state index is 2.47. The molecular weight excluding hydrogens is 200 g/mol. The molecule has 0 unspecified atom stereocenters. The molecule has 0 aliphatic rings. The van der Waals surface area contributed by atoms with Crippen LogP contribution in [0.5, 0.6) is 0 Å². The van der Waals surface area contributed by atoms with Crippen LogP contribution < -0.4 is 0 Å². The number of rotatable bonds is 8. The second-order valence-corrected chi connectivity index (χ2v) is 6.51. The summed E-state index contributed by atoms with van der Waals surface area (Å²) in [5.41, 5.74) is 2.44. The van der Waals surface area contributed by atoms with Crippen LogP contribution in [0.1, 0.15) is 40.0 Å². The Labute approximate surface area is 97.7 Å². The molecule has 0 spiro atoms. The van der Waals surface area contributed by atoms with Gasteiger partial charge in [-0.05, 0) is 33.6 Å². The van der Waals surface area contributed by atoms with Gasteiger partial charge in [-0.3, -0.25) is 0 Å². The topological polar surface area (TPSA) is 6.48 Å². The summed E-state index contributed by atoms with van der Waals surface area (Å²) in [6.07, 6.45) is 6.22. The Balaban J connectivity index is 4.17. The zero-order chi connectivity index (χ0) is 11.7. The third kappa shape index (κ3) is 6.13. The minimum absolute atomic E-state index is 0.596. The summed E-state index contributed by atoms with van der Waals surface area (Å²) in [6.45, 7) is 8.98. The van der Waals surface area contributed by atoms with E-state index in [4.69, 9.17) is 0 Å². The van der Waals surface area contributed by atoms with Gasteiger partial charge in [0.1, 0.15) is 0 Å². The molecule has 0 fully saturated rings. The molecule has 0 atom stereocenters. The van der Waals surface area contributed by atoms with Crippen molar-refractivity contribution in [1.29, 1.82) is 0 Å². The van der Waals surface area contributed by atoms with Crippen molar-refractivity contribution >= 4 is 9.12 Å². The van der Waals surface area contributed by atoms with Gasteiger partial charge >= 0.3 is 0 Å². The van der Waals surface area contributed by atoms with Crippen LogP contribution in [0.4, 0.5) is 0 Å². The van der Waals surface area contributed by atoms with E-state index in [-0.39, 0.29) is 0 Å². The predicted molar refractivity (Wildman–Crippen MR) is 71.0 cm³/mol. The molecule has 0 saturated heterocycles.